The van der Waals surface area contributed by atoms with E-state index in [1.807, 2.05) is 25.1 Å². The molecule has 1 saturated heterocycles. The van der Waals surface area contributed by atoms with Crippen LogP contribution in [0.2, 0.25) is 0 Å². The quantitative estimate of drug-likeness (QED) is 0.859. The second kappa shape index (κ2) is 6.78. The third kappa shape index (κ3) is 3.77. The molecule has 0 spiro atoms. The fourth-order valence-electron chi connectivity index (χ4n) is 2.80. The molecule has 0 saturated carbocycles. The van der Waals surface area contributed by atoms with E-state index in [0.29, 0.717) is 18.0 Å². The highest BCUT2D eigenvalue weighted by Crippen LogP contribution is 2.19. The first-order valence-corrected chi connectivity index (χ1v) is 9.18. The number of sulfonamides is 1. The largest absolute Gasteiger partial charge is 0.296 e. The van der Waals surface area contributed by atoms with Crippen LogP contribution < -0.4 is 0 Å². The highest BCUT2D eigenvalue weighted by molar-refractivity contribution is 7.89. The van der Waals surface area contributed by atoms with Gasteiger partial charge >= 0.3 is 0 Å². The Balaban J connectivity index is 1.64. The van der Waals surface area contributed by atoms with Gasteiger partial charge in [0.05, 0.1) is 4.90 Å². The average molecular weight is 331 g/mol. The van der Waals surface area contributed by atoms with Crippen molar-refractivity contribution in [2.75, 3.05) is 26.2 Å². The highest BCUT2D eigenvalue weighted by Gasteiger charge is 2.28. The molecule has 0 amide bonds. The standard InChI is InChI=1S/C17H21N3O2S/c1-15-3-2-4-17(13-15)23(21,22)20-11-9-19(10-12-20)14-16-5-7-18-8-6-16/h2-8,13H,9-12,14H2,1H3. The number of rotatable bonds is 4. The maximum absolute atomic E-state index is 12.7. The molecule has 1 aromatic heterocycles. The molecule has 2 heterocycles. The predicted octanol–water partition coefficient (Wildman–Crippen LogP) is 1.90. The minimum atomic E-state index is -3.38. The summed E-state index contributed by atoms with van der Waals surface area (Å²) in [6.07, 6.45) is 3.57. The lowest BCUT2D eigenvalue weighted by Crippen LogP contribution is -2.48. The van der Waals surface area contributed by atoms with Crippen LogP contribution in [0, 0.1) is 6.92 Å². The van der Waals surface area contributed by atoms with Gasteiger partial charge in [-0.2, -0.15) is 4.31 Å². The van der Waals surface area contributed by atoms with Crippen molar-refractivity contribution in [2.45, 2.75) is 18.4 Å². The summed E-state index contributed by atoms with van der Waals surface area (Å²) in [5, 5.41) is 0. The first-order valence-electron chi connectivity index (χ1n) is 7.74. The molecule has 0 atom stereocenters. The maximum atomic E-state index is 12.7. The molecule has 0 bridgehead atoms. The van der Waals surface area contributed by atoms with Crippen molar-refractivity contribution in [3.8, 4) is 0 Å². The van der Waals surface area contributed by atoms with Gasteiger partial charge < -0.3 is 0 Å². The minimum absolute atomic E-state index is 0.389. The van der Waals surface area contributed by atoms with E-state index in [1.54, 1.807) is 34.9 Å². The summed E-state index contributed by atoms with van der Waals surface area (Å²) in [5.41, 5.74) is 2.16. The summed E-state index contributed by atoms with van der Waals surface area (Å²) in [7, 11) is -3.38. The van der Waals surface area contributed by atoms with Gasteiger partial charge in [-0.05, 0) is 42.3 Å². The van der Waals surface area contributed by atoms with Gasteiger partial charge in [0.25, 0.3) is 0 Å². The minimum Gasteiger partial charge on any atom is -0.296 e. The van der Waals surface area contributed by atoms with Gasteiger partial charge in [-0.3, -0.25) is 9.88 Å². The zero-order chi connectivity index (χ0) is 16.3. The average Bonchev–Trinajstić information content (AvgIpc) is 2.56. The molecule has 0 radical (unpaired) electrons. The van der Waals surface area contributed by atoms with Crippen molar-refractivity contribution in [3.63, 3.8) is 0 Å². The van der Waals surface area contributed by atoms with Gasteiger partial charge in [-0.15, -0.1) is 0 Å². The molecule has 3 rings (SSSR count). The Labute approximate surface area is 137 Å². The van der Waals surface area contributed by atoms with Gasteiger partial charge in [0.2, 0.25) is 10.0 Å². The number of hydrogen-bond acceptors (Lipinski definition) is 4. The lowest BCUT2D eigenvalue weighted by Gasteiger charge is -2.34. The van der Waals surface area contributed by atoms with Gasteiger partial charge in [-0.25, -0.2) is 8.42 Å². The topological polar surface area (TPSA) is 53.5 Å². The molecule has 1 aromatic carbocycles. The summed E-state index contributed by atoms with van der Waals surface area (Å²) < 4.78 is 27.0. The Kier molecular flexibility index (Phi) is 4.75. The van der Waals surface area contributed by atoms with Crippen LogP contribution in [0.25, 0.3) is 0 Å². The maximum Gasteiger partial charge on any atom is 0.243 e. The molecule has 122 valence electrons. The molecule has 0 N–H and O–H groups in total. The lowest BCUT2D eigenvalue weighted by atomic mass is 10.2. The van der Waals surface area contributed by atoms with E-state index >= 15 is 0 Å². The predicted molar refractivity (Wildman–Crippen MR) is 89.5 cm³/mol. The van der Waals surface area contributed by atoms with Crippen LogP contribution >= 0.6 is 0 Å². The number of aryl methyl sites for hydroxylation is 1. The smallest absolute Gasteiger partial charge is 0.243 e. The summed E-state index contributed by atoms with van der Waals surface area (Å²) in [5.74, 6) is 0. The first kappa shape index (κ1) is 16.1. The molecule has 1 fully saturated rings. The van der Waals surface area contributed by atoms with Crippen LogP contribution in [0.3, 0.4) is 0 Å². The lowest BCUT2D eigenvalue weighted by molar-refractivity contribution is 0.181. The number of pyridine rings is 1. The van der Waals surface area contributed by atoms with Crippen LogP contribution in [0.1, 0.15) is 11.1 Å². The Morgan fingerprint density at radius 2 is 1.74 bits per heavy atom. The molecule has 0 unspecified atom stereocenters. The van der Waals surface area contributed by atoms with Crippen molar-refractivity contribution in [3.05, 3.63) is 59.9 Å². The third-order valence-corrected chi connectivity index (χ3v) is 6.01. The molecule has 2 aromatic rings. The number of hydrogen-bond donors (Lipinski definition) is 0. The molecular formula is C17H21N3O2S. The number of benzene rings is 1. The molecular weight excluding hydrogens is 310 g/mol. The summed E-state index contributed by atoms with van der Waals surface area (Å²) in [4.78, 5) is 6.68. The highest BCUT2D eigenvalue weighted by atomic mass is 32.2. The van der Waals surface area contributed by atoms with Crippen molar-refractivity contribution < 1.29 is 8.42 Å². The van der Waals surface area contributed by atoms with Gasteiger partial charge in [0.15, 0.2) is 0 Å². The van der Waals surface area contributed by atoms with E-state index in [1.165, 1.54) is 5.56 Å². The van der Waals surface area contributed by atoms with Crippen molar-refractivity contribution in [1.82, 2.24) is 14.2 Å². The van der Waals surface area contributed by atoms with Crippen molar-refractivity contribution in [1.29, 1.82) is 0 Å². The van der Waals surface area contributed by atoms with Crippen molar-refractivity contribution >= 4 is 10.0 Å². The molecule has 23 heavy (non-hydrogen) atoms. The van der Waals surface area contributed by atoms with Gasteiger partial charge in [0.1, 0.15) is 0 Å². The SMILES string of the molecule is Cc1cccc(S(=O)(=O)N2CCN(Cc3ccncc3)CC2)c1. The molecule has 1 aliphatic heterocycles. The molecule has 5 nitrogen and oxygen atoms in total. The van der Waals surface area contributed by atoms with Crippen LogP contribution in [-0.4, -0.2) is 48.8 Å². The van der Waals surface area contributed by atoms with Crippen LogP contribution in [0.4, 0.5) is 0 Å². The summed E-state index contributed by atoms with van der Waals surface area (Å²) >= 11 is 0. The van der Waals surface area contributed by atoms with E-state index in [4.69, 9.17) is 0 Å². The Morgan fingerprint density at radius 1 is 1.04 bits per heavy atom. The second-order valence-corrected chi connectivity index (χ2v) is 7.79. The zero-order valence-electron chi connectivity index (χ0n) is 13.2. The van der Waals surface area contributed by atoms with E-state index in [0.717, 1.165) is 25.2 Å². The van der Waals surface area contributed by atoms with E-state index in [-0.39, 0.29) is 0 Å². The third-order valence-electron chi connectivity index (χ3n) is 4.11. The van der Waals surface area contributed by atoms with Gasteiger partial charge in [0, 0.05) is 45.1 Å². The number of aromatic nitrogens is 1. The fourth-order valence-corrected chi connectivity index (χ4v) is 4.33. The normalized spacial score (nSPS) is 17.3. The summed E-state index contributed by atoms with van der Waals surface area (Å²) in [6.45, 7) is 5.29. The monoisotopic (exact) mass is 331 g/mol. The van der Waals surface area contributed by atoms with Crippen molar-refractivity contribution in [2.24, 2.45) is 0 Å². The molecule has 1 aliphatic rings. The van der Waals surface area contributed by atoms with E-state index in [9.17, 15) is 8.42 Å². The Bertz CT molecular complexity index is 754. The number of piperazine rings is 1. The number of nitrogens with zero attached hydrogens (tertiary/aromatic N) is 3. The van der Waals surface area contributed by atoms with Crippen LogP contribution in [0.15, 0.2) is 53.7 Å². The molecule has 0 aliphatic carbocycles. The summed E-state index contributed by atoms with van der Waals surface area (Å²) in [6, 6.07) is 11.1. The van der Waals surface area contributed by atoms with Gasteiger partial charge in [-0.1, -0.05) is 12.1 Å². The van der Waals surface area contributed by atoms with Crippen LogP contribution in [0.5, 0.6) is 0 Å². The van der Waals surface area contributed by atoms with E-state index < -0.39 is 10.0 Å². The fraction of sp³-hybridized carbons (Fsp3) is 0.353. The zero-order valence-corrected chi connectivity index (χ0v) is 14.0. The molecule has 6 heteroatoms. The van der Waals surface area contributed by atoms with Crippen LogP contribution in [-0.2, 0) is 16.6 Å². The Morgan fingerprint density at radius 3 is 2.39 bits per heavy atom. The second-order valence-electron chi connectivity index (χ2n) is 5.85. The Hall–Kier alpha value is -1.76. The first-order chi connectivity index (χ1) is 11.1. The van der Waals surface area contributed by atoms with E-state index in [2.05, 4.69) is 9.88 Å².